The van der Waals surface area contributed by atoms with Gasteiger partial charge in [0.05, 0.1) is 17.0 Å². The van der Waals surface area contributed by atoms with Crippen LogP contribution in [0.5, 0.6) is 0 Å². The number of aliphatic hydroxyl groups excluding tert-OH is 1. The van der Waals surface area contributed by atoms with Crippen molar-refractivity contribution in [2.45, 2.75) is 26.7 Å². The maximum absolute atomic E-state index is 11.3. The standard InChI is InChI=1S/C16H17N3O3/c1-10(20)14(11(2)21)9-17-13-5-3-12(4-6-13)15-7-8-16(22)19-18-15/h3-6,9,20H,7-8H2,1-2H3,(H,19,22)/b14-10+,17-9?. The van der Waals surface area contributed by atoms with E-state index in [1.165, 1.54) is 20.1 Å². The molecule has 0 saturated carbocycles. The largest absolute Gasteiger partial charge is 0.512 e. The van der Waals surface area contributed by atoms with Crippen LogP contribution >= 0.6 is 0 Å². The number of hydrogen-bond donors (Lipinski definition) is 2. The lowest BCUT2D eigenvalue weighted by molar-refractivity contribution is -0.121. The molecule has 0 aliphatic carbocycles. The molecule has 0 spiro atoms. The summed E-state index contributed by atoms with van der Waals surface area (Å²) in [5.74, 6) is -0.374. The molecular weight excluding hydrogens is 282 g/mol. The number of benzene rings is 1. The van der Waals surface area contributed by atoms with E-state index >= 15 is 0 Å². The van der Waals surface area contributed by atoms with Crippen molar-refractivity contribution in [2.24, 2.45) is 10.1 Å². The Balaban J connectivity index is 2.14. The normalized spacial score (nSPS) is 16.1. The summed E-state index contributed by atoms with van der Waals surface area (Å²) in [5.41, 5.74) is 5.04. The number of carbonyl (C=O) groups is 2. The Morgan fingerprint density at radius 3 is 2.45 bits per heavy atom. The molecule has 1 amide bonds. The maximum atomic E-state index is 11.3. The summed E-state index contributed by atoms with van der Waals surface area (Å²) in [4.78, 5) is 26.6. The highest BCUT2D eigenvalue weighted by atomic mass is 16.3. The summed E-state index contributed by atoms with van der Waals surface area (Å²) in [7, 11) is 0. The van der Waals surface area contributed by atoms with Crippen molar-refractivity contribution in [3.8, 4) is 0 Å². The molecule has 114 valence electrons. The third kappa shape index (κ3) is 3.88. The molecule has 6 nitrogen and oxygen atoms in total. The molecule has 0 saturated heterocycles. The fourth-order valence-corrected chi connectivity index (χ4v) is 2.00. The predicted octanol–water partition coefficient (Wildman–Crippen LogP) is 2.42. The van der Waals surface area contributed by atoms with Gasteiger partial charge in [0.2, 0.25) is 5.91 Å². The van der Waals surface area contributed by atoms with Crippen molar-refractivity contribution in [2.75, 3.05) is 0 Å². The van der Waals surface area contributed by atoms with Gasteiger partial charge in [-0.3, -0.25) is 14.6 Å². The third-order valence-corrected chi connectivity index (χ3v) is 3.22. The van der Waals surface area contributed by atoms with Gasteiger partial charge in [0, 0.05) is 19.1 Å². The Bertz CT molecular complexity index is 681. The number of hydrogen-bond acceptors (Lipinski definition) is 5. The monoisotopic (exact) mass is 299 g/mol. The van der Waals surface area contributed by atoms with Gasteiger partial charge in [0.1, 0.15) is 5.76 Å². The molecular formula is C16H17N3O3. The molecule has 0 bridgehead atoms. The average Bonchev–Trinajstić information content (AvgIpc) is 2.48. The SMILES string of the molecule is CC(=O)/C(C=Nc1ccc(C2=NNC(=O)CC2)cc1)=C(\C)O. The quantitative estimate of drug-likeness (QED) is 0.508. The highest BCUT2D eigenvalue weighted by Crippen LogP contribution is 2.16. The van der Waals surface area contributed by atoms with Gasteiger partial charge in [-0.25, -0.2) is 5.43 Å². The summed E-state index contributed by atoms with van der Waals surface area (Å²) >= 11 is 0. The number of nitrogens with one attached hydrogen (secondary N) is 1. The van der Waals surface area contributed by atoms with Gasteiger partial charge >= 0.3 is 0 Å². The molecule has 0 aromatic heterocycles. The zero-order valence-corrected chi connectivity index (χ0v) is 12.5. The van der Waals surface area contributed by atoms with Crippen LogP contribution in [0.15, 0.2) is 45.7 Å². The molecule has 2 N–H and O–H groups in total. The van der Waals surface area contributed by atoms with Crippen LogP contribution in [-0.4, -0.2) is 28.7 Å². The minimum absolute atomic E-state index is 0.0554. The fraction of sp³-hybridized carbons (Fsp3) is 0.250. The van der Waals surface area contributed by atoms with Gasteiger partial charge in [0.15, 0.2) is 5.78 Å². The van der Waals surface area contributed by atoms with E-state index in [1.54, 1.807) is 12.1 Å². The van der Waals surface area contributed by atoms with Crippen molar-refractivity contribution >= 4 is 29.3 Å². The van der Waals surface area contributed by atoms with Crippen molar-refractivity contribution in [3.63, 3.8) is 0 Å². The van der Waals surface area contributed by atoms with Crippen LogP contribution in [0.25, 0.3) is 0 Å². The van der Waals surface area contributed by atoms with Crippen LogP contribution in [0.1, 0.15) is 32.3 Å². The Hall–Kier alpha value is -2.76. The van der Waals surface area contributed by atoms with Crippen LogP contribution in [0, 0.1) is 0 Å². The summed E-state index contributed by atoms with van der Waals surface area (Å²) in [6, 6.07) is 7.28. The molecule has 1 aromatic rings. The smallest absolute Gasteiger partial charge is 0.240 e. The Kier molecular flexibility index (Phi) is 4.83. The topological polar surface area (TPSA) is 91.1 Å². The number of carbonyl (C=O) groups excluding carboxylic acids is 2. The number of amides is 1. The van der Waals surface area contributed by atoms with Crippen LogP contribution in [0.3, 0.4) is 0 Å². The molecule has 0 fully saturated rings. The van der Waals surface area contributed by atoms with E-state index in [4.69, 9.17) is 0 Å². The van der Waals surface area contributed by atoms with Gasteiger partial charge in [0.25, 0.3) is 0 Å². The van der Waals surface area contributed by atoms with Crippen LogP contribution < -0.4 is 5.43 Å². The first kappa shape index (κ1) is 15.6. The van der Waals surface area contributed by atoms with E-state index in [0.717, 1.165) is 11.3 Å². The number of aliphatic imine (C=N–C) groups is 1. The fourth-order valence-electron chi connectivity index (χ4n) is 2.00. The molecule has 1 aromatic carbocycles. The van der Waals surface area contributed by atoms with Crippen molar-refractivity contribution in [1.29, 1.82) is 0 Å². The summed E-state index contributed by atoms with van der Waals surface area (Å²) in [5, 5.41) is 13.4. The minimum Gasteiger partial charge on any atom is -0.512 e. The first-order chi connectivity index (χ1) is 10.5. The van der Waals surface area contributed by atoms with Gasteiger partial charge in [-0.05, 0) is 31.5 Å². The number of allylic oxidation sites excluding steroid dienone is 2. The van der Waals surface area contributed by atoms with Crippen molar-refractivity contribution in [1.82, 2.24) is 5.43 Å². The second kappa shape index (κ2) is 6.80. The lowest BCUT2D eigenvalue weighted by Gasteiger charge is -2.11. The minimum atomic E-state index is -0.243. The van der Waals surface area contributed by atoms with E-state index < -0.39 is 0 Å². The van der Waals surface area contributed by atoms with E-state index in [-0.39, 0.29) is 23.0 Å². The average molecular weight is 299 g/mol. The Morgan fingerprint density at radius 2 is 1.95 bits per heavy atom. The molecule has 6 heteroatoms. The molecule has 22 heavy (non-hydrogen) atoms. The number of hydrazone groups is 1. The number of nitrogens with zero attached hydrogens (tertiary/aromatic N) is 2. The van der Waals surface area contributed by atoms with Gasteiger partial charge < -0.3 is 5.11 Å². The molecule has 0 radical (unpaired) electrons. The highest BCUT2D eigenvalue weighted by Gasteiger charge is 2.12. The third-order valence-electron chi connectivity index (χ3n) is 3.22. The Labute approximate surface area is 128 Å². The van der Waals surface area contributed by atoms with Crippen LogP contribution in [0.4, 0.5) is 5.69 Å². The lowest BCUT2D eigenvalue weighted by atomic mass is 10.0. The summed E-state index contributed by atoms with van der Waals surface area (Å²) in [6.07, 6.45) is 2.39. The van der Waals surface area contributed by atoms with E-state index in [1.807, 2.05) is 12.1 Å². The molecule has 1 aliphatic heterocycles. The van der Waals surface area contributed by atoms with E-state index in [0.29, 0.717) is 18.5 Å². The maximum Gasteiger partial charge on any atom is 0.240 e. The second-order valence-corrected chi connectivity index (χ2v) is 4.95. The van der Waals surface area contributed by atoms with Crippen molar-refractivity contribution in [3.05, 3.63) is 41.2 Å². The van der Waals surface area contributed by atoms with Crippen LogP contribution in [0.2, 0.25) is 0 Å². The second-order valence-electron chi connectivity index (χ2n) is 4.95. The van der Waals surface area contributed by atoms with E-state index in [2.05, 4.69) is 15.5 Å². The summed E-state index contributed by atoms with van der Waals surface area (Å²) < 4.78 is 0. The van der Waals surface area contributed by atoms with Gasteiger partial charge in [-0.1, -0.05) is 12.1 Å². The molecule has 0 unspecified atom stereocenters. The molecule has 0 atom stereocenters. The number of aliphatic hydroxyl groups is 1. The number of Topliss-reactive ketones (excluding diaryl/α,β-unsaturated/α-hetero) is 1. The summed E-state index contributed by atoms with van der Waals surface area (Å²) in [6.45, 7) is 2.82. The van der Waals surface area contributed by atoms with Crippen molar-refractivity contribution < 1.29 is 14.7 Å². The van der Waals surface area contributed by atoms with Crippen LogP contribution in [-0.2, 0) is 9.59 Å². The first-order valence-corrected chi connectivity index (χ1v) is 6.88. The first-order valence-electron chi connectivity index (χ1n) is 6.88. The molecule has 1 aliphatic rings. The Morgan fingerprint density at radius 1 is 1.27 bits per heavy atom. The lowest BCUT2D eigenvalue weighted by Crippen LogP contribution is -2.25. The van der Waals surface area contributed by atoms with Gasteiger partial charge in [-0.2, -0.15) is 5.10 Å². The predicted molar refractivity (Wildman–Crippen MR) is 84.5 cm³/mol. The number of ketones is 1. The zero-order valence-electron chi connectivity index (χ0n) is 12.5. The highest BCUT2D eigenvalue weighted by molar-refractivity contribution is 6.13. The zero-order chi connectivity index (χ0) is 16.1. The molecule has 2 rings (SSSR count). The molecule has 1 heterocycles. The number of rotatable bonds is 4. The van der Waals surface area contributed by atoms with Gasteiger partial charge in [-0.15, -0.1) is 0 Å². The van der Waals surface area contributed by atoms with E-state index in [9.17, 15) is 14.7 Å².